The van der Waals surface area contributed by atoms with Crippen molar-refractivity contribution in [3.8, 4) is 0 Å². The molecule has 1 heterocycles. The maximum atomic E-state index is 10.0. The van der Waals surface area contributed by atoms with E-state index in [1.165, 1.54) is 0 Å². The Kier molecular flexibility index (Phi) is 3.99. The summed E-state index contributed by atoms with van der Waals surface area (Å²) in [5.41, 5.74) is 7.00. The van der Waals surface area contributed by atoms with Gasteiger partial charge in [-0.05, 0) is 19.9 Å². The Labute approximate surface area is 123 Å². The number of anilines is 1. The first-order valence-corrected chi connectivity index (χ1v) is 6.62. The number of nitrogens with two attached hydrogens (primary N) is 1. The molecule has 0 saturated carbocycles. The van der Waals surface area contributed by atoms with Crippen molar-refractivity contribution in [2.75, 3.05) is 18.5 Å². The number of likely N-dealkylation sites (N-methyl/N-ethyl adjacent to an activating group) is 1. The summed E-state index contributed by atoms with van der Waals surface area (Å²) in [4.78, 5) is 6.21. The number of rotatable bonds is 4. The molecule has 1 aromatic carbocycles. The van der Waals surface area contributed by atoms with Crippen molar-refractivity contribution in [3.05, 3.63) is 36.0 Å². The number of amidine groups is 1. The van der Waals surface area contributed by atoms with E-state index in [0.29, 0.717) is 12.1 Å². The number of para-hydroxylation sites is 1. The maximum absolute atomic E-state index is 10.0. The van der Waals surface area contributed by atoms with Crippen molar-refractivity contribution >= 4 is 22.4 Å². The molecule has 0 bridgehead atoms. The van der Waals surface area contributed by atoms with Crippen LogP contribution in [0.4, 0.5) is 5.69 Å². The average Bonchev–Trinajstić information content (AvgIpc) is 2.43. The van der Waals surface area contributed by atoms with Crippen LogP contribution in [-0.4, -0.2) is 40.3 Å². The van der Waals surface area contributed by atoms with Crippen molar-refractivity contribution in [1.29, 1.82) is 0 Å². The Morgan fingerprint density at radius 1 is 1.38 bits per heavy atom. The van der Waals surface area contributed by atoms with Crippen molar-refractivity contribution in [1.82, 2.24) is 4.98 Å². The van der Waals surface area contributed by atoms with E-state index in [4.69, 9.17) is 10.9 Å². The highest BCUT2D eigenvalue weighted by molar-refractivity contribution is 6.08. The summed E-state index contributed by atoms with van der Waals surface area (Å²) in [5.74, 6) is -0.00847. The molecule has 0 aliphatic rings. The van der Waals surface area contributed by atoms with E-state index < -0.39 is 5.60 Å². The molecule has 0 atom stereocenters. The number of oxime groups is 1. The van der Waals surface area contributed by atoms with Gasteiger partial charge >= 0.3 is 0 Å². The minimum Gasteiger partial charge on any atom is -0.409 e. The first-order chi connectivity index (χ1) is 9.83. The normalized spacial score (nSPS) is 12.7. The molecular weight excluding hydrogens is 268 g/mol. The molecule has 2 rings (SSSR count). The first kappa shape index (κ1) is 15.1. The fourth-order valence-electron chi connectivity index (χ4n) is 2.44. The number of pyridine rings is 1. The predicted octanol–water partition coefficient (Wildman–Crippen LogP) is 1.54. The van der Waals surface area contributed by atoms with Gasteiger partial charge in [-0.15, -0.1) is 0 Å². The molecule has 0 saturated heterocycles. The lowest BCUT2D eigenvalue weighted by Crippen LogP contribution is -2.37. The van der Waals surface area contributed by atoms with Crippen molar-refractivity contribution < 1.29 is 10.3 Å². The van der Waals surface area contributed by atoms with Crippen LogP contribution >= 0.6 is 0 Å². The fraction of sp³-hybridized carbons (Fsp3) is 0.333. The number of aliphatic hydroxyl groups is 1. The van der Waals surface area contributed by atoms with Gasteiger partial charge in [-0.2, -0.15) is 0 Å². The lowest BCUT2D eigenvalue weighted by molar-refractivity contribution is 0.0887. The van der Waals surface area contributed by atoms with Crippen LogP contribution in [0.5, 0.6) is 0 Å². The van der Waals surface area contributed by atoms with E-state index >= 15 is 0 Å². The summed E-state index contributed by atoms with van der Waals surface area (Å²) in [6, 6.07) is 7.62. The molecule has 112 valence electrons. The number of aromatic nitrogens is 1. The largest absolute Gasteiger partial charge is 0.409 e. The lowest BCUT2D eigenvalue weighted by atomic mass is 10.0. The molecular formula is C15H20N4O2. The Morgan fingerprint density at radius 2 is 2.05 bits per heavy atom. The molecule has 0 aliphatic carbocycles. The quantitative estimate of drug-likeness (QED) is 0.343. The second kappa shape index (κ2) is 5.57. The summed E-state index contributed by atoms with van der Waals surface area (Å²) < 4.78 is 0. The van der Waals surface area contributed by atoms with Gasteiger partial charge in [-0.1, -0.05) is 23.4 Å². The molecule has 2 aromatic rings. The Hall–Kier alpha value is -2.34. The monoisotopic (exact) mass is 288 g/mol. The third kappa shape index (κ3) is 3.22. The molecule has 6 heteroatoms. The van der Waals surface area contributed by atoms with Crippen LogP contribution in [0.3, 0.4) is 0 Å². The van der Waals surface area contributed by atoms with Gasteiger partial charge in [0.05, 0.1) is 22.4 Å². The average molecular weight is 288 g/mol. The Bertz CT molecular complexity index is 677. The van der Waals surface area contributed by atoms with Gasteiger partial charge in [0.1, 0.15) is 0 Å². The lowest BCUT2D eigenvalue weighted by Gasteiger charge is -2.29. The topological polar surface area (TPSA) is 95.0 Å². The Balaban J connectivity index is 2.66. The highest BCUT2D eigenvalue weighted by atomic mass is 16.4. The van der Waals surface area contributed by atoms with Gasteiger partial charge in [-0.3, -0.25) is 4.98 Å². The number of fused-ring (bicyclic) bond motifs is 1. The smallest absolute Gasteiger partial charge is 0.173 e. The van der Waals surface area contributed by atoms with E-state index in [-0.39, 0.29) is 5.84 Å². The molecule has 4 N–H and O–H groups in total. The molecule has 0 spiro atoms. The number of hydrogen-bond acceptors (Lipinski definition) is 5. The minimum absolute atomic E-state index is 0.00847. The molecule has 0 fully saturated rings. The van der Waals surface area contributed by atoms with Gasteiger partial charge in [-0.25, -0.2) is 0 Å². The summed E-state index contributed by atoms with van der Waals surface area (Å²) in [6.07, 6.45) is 1.58. The molecule has 0 unspecified atom stereocenters. The van der Waals surface area contributed by atoms with Crippen LogP contribution < -0.4 is 10.6 Å². The number of hydrogen-bond donors (Lipinski definition) is 3. The van der Waals surface area contributed by atoms with Crippen LogP contribution in [-0.2, 0) is 0 Å². The summed E-state index contributed by atoms with van der Waals surface area (Å²) in [6.45, 7) is 3.86. The van der Waals surface area contributed by atoms with E-state index in [1.54, 1.807) is 20.0 Å². The number of nitrogens with zero attached hydrogens (tertiary/aromatic N) is 3. The van der Waals surface area contributed by atoms with E-state index in [0.717, 1.165) is 16.6 Å². The van der Waals surface area contributed by atoms with Crippen LogP contribution in [0.2, 0.25) is 0 Å². The summed E-state index contributed by atoms with van der Waals surface area (Å²) in [7, 11) is 1.86. The standard InChI is InChI=1S/C15H20N4O2/c1-15(2,20)9-19(3)13-10-6-4-5-7-12(10)17-8-11(13)14(16)18-21/h4-8,20-21H,9H2,1-3H3,(H2,16,18). The summed E-state index contributed by atoms with van der Waals surface area (Å²) in [5, 5.41) is 23.0. The van der Waals surface area contributed by atoms with Crippen LogP contribution in [0, 0.1) is 0 Å². The van der Waals surface area contributed by atoms with Crippen molar-refractivity contribution in [2.24, 2.45) is 10.9 Å². The zero-order chi connectivity index (χ0) is 15.6. The molecule has 6 nitrogen and oxygen atoms in total. The third-order valence-electron chi connectivity index (χ3n) is 3.14. The molecule has 0 amide bonds. The maximum Gasteiger partial charge on any atom is 0.173 e. The molecule has 0 radical (unpaired) electrons. The SMILES string of the molecule is CN(CC(C)(C)O)c1c(C(N)=NO)cnc2ccccc12. The van der Waals surface area contributed by atoms with Gasteiger partial charge in [0, 0.05) is 25.2 Å². The van der Waals surface area contributed by atoms with Gasteiger partial charge in [0.25, 0.3) is 0 Å². The number of benzene rings is 1. The highest BCUT2D eigenvalue weighted by Crippen LogP contribution is 2.29. The summed E-state index contributed by atoms with van der Waals surface area (Å²) >= 11 is 0. The second-order valence-corrected chi connectivity index (χ2v) is 5.69. The van der Waals surface area contributed by atoms with Gasteiger partial charge < -0.3 is 20.9 Å². The third-order valence-corrected chi connectivity index (χ3v) is 3.14. The van der Waals surface area contributed by atoms with Crippen LogP contribution in [0.1, 0.15) is 19.4 Å². The van der Waals surface area contributed by atoms with Gasteiger partial charge in [0.2, 0.25) is 0 Å². The van der Waals surface area contributed by atoms with E-state index in [2.05, 4.69) is 10.1 Å². The molecule has 0 aliphatic heterocycles. The highest BCUT2D eigenvalue weighted by Gasteiger charge is 2.21. The predicted molar refractivity (Wildman–Crippen MR) is 83.8 cm³/mol. The molecule has 1 aromatic heterocycles. The van der Waals surface area contributed by atoms with Gasteiger partial charge in [0.15, 0.2) is 5.84 Å². The van der Waals surface area contributed by atoms with Crippen molar-refractivity contribution in [3.63, 3.8) is 0 Å². The van der Waals surface area contributed by atoms with Crippen molar-refractivity contribution in [2.45, 2.75) is 19.4 Å². The van der Waals surface area contributed by atoms with Crippen LogP contribution in [0.25, 0.3) is 10.9 Å². The second-order valence-electron chi connectivity index (χ2n) is 5.69. The first-order valence-electron chi connectivity index (χ1n) is 6.62. The fourth-order valence-corrected chi connectivity index (χ4v) is 2.44. The zero-order valence-electron chi connectivity index (χ0n) is 12.4. The van der Waals surface area contributed by atoms with E-state index in [9.17, 15) is 5.11 Å². The van der Waals surface area contributed by atoms with E-state index in [1.807, 2.05) is 36.2 Å². The minimum atomic E-state index is -0.873. The zero-order valence-corrected chi connectivity index (χ0v) is 12.4. The van der Waals surface area contributed by atoms with Crippen LogP contribution in [0.15, 0.2) is 35.6 Å². The Morgan fingerprint density at radius 3 is 2.67 bits per heavy atom. The molecule has 21 heavy (non-hydrogen) atoms.